The molecule has 0 aliphatic carbocycles. The Hall–Kier alpha value is -3.12. The molecular formula is C22H22ClN5O3. The zero-order valence-corrected chi connectivity index (χ0v) is 17.7. The number of hydrogen-bond acceptors (Lipinski definition) is 8. The first kappa shape index (κ1) is 21.1. The average molecular weight is 440 g/mol. The quantitative estimate of drug-likeness (QED) is 0.556. The summed E-state index contributed by atoms with van der Waals surface area (Å²) in [7, 11) is 1.57. The molecule has 0 saturated carbocycles. The van der Waals surface area contributed by atoms with E-state index in [2.05, 4.69) is 21.6 Å². The minimum atomic E-state index is -0.846. The van der Waals surface area contributed by atoms with Crippen LogP contribution in [0.5, 0.6) is 5.75 Å². The van der Waals surface area contributed by atoms with Gasteiger partial charge in [-0.3, -0.25) is 0 Å². The molecule has 31 heavy (non-hydrogen) atoms. The van der Waals surface area contributed by atoms with Crippen LogP contribution < -0.4 is 15.0 Å². The van der Waals surface area contributed by atoms with E-state index >= 15 is 0 Å². The zero-order valence-electron chi connectivity index (χ0n) is 16.9. The van der Waals surface area contributed by atoms with E-state index in [0.717, 1.165) is 16.3 Å². The van der Waals surface area contributed by atoms with Crippen molar-refractivity contribution in [3.05, 3.63) is 52.5 Å². The Morgan fingerprint density at radius 2 is 2.03 bits per heavy atom. The summed E-state index contributed by atoms with van der Waals surface area (Å²) < 4.78 is 5.19. The molecule has 2 heterocycles. The van der Waals surface area contributed by atoms with Gasteiger partial charge in [0.2, 0.25) is 0 Å². The molecule has 3 aromatic rings. The second-order valence-electron chi connectivity index (χ2n) is 7.44. The van der Waals surface area contributed by atoms with E-state index in [1.54, 1.807) is 25.3 Å². The lowest BCUT2D eigenvalue weighted by Gasteiger charge is -2.34. The normalized spacial score (nSPS) is 18.6. The Morgan fingerprint density at radius 1 is 1.19 bits per heavy atom. The van der Waals surface area contributed by atoms with Gasteiger partial charge in [-0.15, -0.1) is 10.2 Å². The summed E-state index contributed by atoms with van der Waals surface area (Å²) in [5.41, 5.74) is 1.45. The molecule has 1 aliphatic rings. The Morgan fingerprint density at radius 3 is 2.74 bits per heavy atom. The van der Waals surface area contributed by atoms with Gasteiger partial charge in [0.1, 0.15) is 5.75 Å². The molecule has 2 unspecified atom stereocenters. The third-order valence-electron chi connectivity index (χ3n) is 5.41. The van der Waals surface area contributed by atoms with Gasteiger partial charge in [-0.1, -0.05) is 17.7 Å². The number of aliphatic hydroxyl groups excluding tert-OH is 2. The van der Waals surface area contributed by atoms with Gasteiger partial charge >= 0.3 is 0 Å². The molecular weight excluding hydrogens is 418 g/mol. The van der Waals surface area contributed by atoms with E-state index in [1.165, 1.54) is 0 Å². The Balaban J connectivity index is 1.66. The molecule has 9 heteroatoms. The number of methoxy groups -OCH3 is 1. The molecule has 1 saturated heterocycles. The largest absolute Gasteiger partial charge is 0.495 e. The van der Waals surface area contributed by atoms with Crippen molar-refractivity contribution in [3.8, 4) is 11.8 Å². The number of β-amino-alcohol motifs (C(OH)–C–C–N with tert-alkyl or cyclic N) is 1. The van der Waals surface area contributed by atoms with E-state index in [4.69, 9.17) is 16.3 Å². The van der Waals surface area contributed by atoms with Crippen LogP contribution in [0.3, 0.4) is 0 Å². The number of anilines is 2. The first-order chi connectivity index (χ1) is 15.0. The van der Waals surface area contributed by atoms with Crippen molar-refractivity contribution in [2.45, 2.75) is 25.2 Å². The molecule has 3 N–H and O–H groups in total. The summed E-state index contributed by atoms with van der Waals surface area (Å²) in [6.07, 6.45) is -1.14. The predicted molar refractivity (Wildman–Crippen MR) is 118 cm³/mol. The highest BCUT2D eigenvalue weighted by atomic mass is 35.5. The van der Waals surface area contributed by atoms with E-state index < -0.39 is 12.2 Å². The average Bonchev–Trinajstić information content (AvgIpc) is 2.79. The number of fused-ring (bicyclic) bond motifs is 1. The minimum Gasteiger partial charge on any atom is -0.495 e. The monoisotopic (exact) mass is 439 g/mol. The van der Waals surface area contributed by atoms with E-state index in [9.17, 15) is 15.5 Å². The fraction of sp³-hybridized carbons (Fsp3) is 0.318. The van der Waals surface area contributed by atoms with Crippen LogP contribution in [0.4, 0.5) is 11.6 Å². The molecule has 2 aromatic carbocycles. The fourth-order valence-electron chi connectivity index (χ4n) is 3.69. The van der Waals surface area contributed by atoms with Crippen LogP contribution in [0.1, 0.15) is 17.5 Å². The smallest absolute Gasteiger partial charge is 0.159 e. The highest BCUT2D eigenvalue weighted by molar-refractivity contribution is 6.32. The Bertz CT molecular complexity index is 1150. The van der Waals surface area contributed by atoms with Crippen LogP contribution in [0, 0.1) is 11.3 Å². The standard InChI is InChI=1S/C22H22ClN5O3/c1-31-20-5-3-14(9-17(20)23)11-25-21-16-8-13(10-24)2-4-15(16)22(27-26-21)28-7-6-18(29)19(30)12-28/h2-5,8-9,18-19,29-30H,6-7,11-12H2,1H3,(H,25,26). The number of ether oxygens (including phenoxy) is 1. The maximum absolute atomic E-state index is 10.1. The number of nitriles is 1. The van der Waals surface area contributed by atoms with Gasteiger partial charge in [-0.2, -0.15) is 5.26 Å². The highest BCUT2D eigenvalue weighted by Crippen LogP contribution is 2.32. The van der Waals surface area contributed by atoms with Crippen molar-refractivity contribution in [3.63, 3.8) is 0 Å². The molecule has 8 nitrogen and oxygen atoms in total. The molecule has 1 aliphatic heterocycles. The molecule has 2 atom stereocenters. The predicted octanol–water partition coefficient (Wildman–Crippen LogP) is 2.71. The molecule has 0 bridgehead atoms. The van der Waals surface area contributed by atoms with Crippen molar-refractivity contribution in [1.82, 2.24) is 10.2 Å². The van der Waals surface area contributed by atoms with Crippen molar-refractivity contribution in [2.75, 3.05) is 30.4 Å². The number of nitrogens with zero attached hydrogens (tertiary/aromatic N) is 4. The molecule has 160 valence electrons. The highest BCUT2D eigenvalue weighted by Gasteiger charge is 2.28. The number of rotatable bonds is 5. The number of aliphatic hydroxyl groups is 2. The van der Waals surface area contributed by atoms with Crippen LogP contribution >= 0.6 is 11.6 Å². The van der Waals surface area contributed by atoms with Gasteiger partial charge in [0.05, 0.1) is 36.0 Å². The summed E-state index contributed by atoms with van der Waals surface area (Å²) in [5, 5.41) is 43.4. The van der Waals surface area contributed by atoms with Gasteiger partial charge in [-0.25, -0.2) is 0 Å². The summed E-state index contributed by atoms with van der Waals surface area (Å²) >= 11 is 6.21. The van der Waals surface area contributed by atoms with Crippen LogP contribution in [-0.2, 0) is 6.54 Å². The van der Waals surface area contributed by atoms with Crippen LogP contribution in [0.2, 0.25) is 5.02 Å². The molecule has 0 amide bonds. The lowest BCUT2D eigenvalue weighted by molar-refractivity contribution is 0.00789. The van der Waals surface area contributed by atoms with Crippen LogP contribution in [0.15, 0.2) is 36.4 Å². The van der Waals surface area contributed by atoms with Crippen molar-refractivity contribution in [2.24, 2.45) is 0 Å². The fourth-order valence-corrected chi connectivity index (χ4v) is 3.97. The number of nitrogens with one attached hydrogen (secondary N) is 1. The number of piperidine rings is 1. The van der Waals surface area contributed by atoms with Gasteiger partial charge in [0.25, 0.3) is 0 Å². The third kappa shape index (κ3) is 4.35. The molecule has 1 aromatic heterocycles. The zero-order chi connectivity index (χ0) is 22.0. The van der Waals surface area contributed by atoms with Crippen molar-refractivity contribution < 1.29 is 14.9 Å². The molecule has 0 spiro atoms. The maximum Gasteiger partial charge on any atom is 0.159 e. The number of hydrogen-bond donors (Lipinski definition) is 3. The van der Waals surface area contributed by atoms with Crippen molar-refractivity contribution >= 4 is 34.0 Å². The molecule has 4 rings (SSSR count). The van der Waals surface area contributed by atoms with Gasteiger partial charge in [0, 0.05) is 30.4 Å². The second kappa shape index (κ2) is 8.94. The Labute approximate surface area is 184 Å². The Kier molecular flexibility index (Phi) is 6.09. The van der Waals surface area contributed by atoms with Gasteiger partial charge in [0.15, 0.2) is 11.6 Å². The summed E-state index contributed by atoms with van der Waals surface area (Å²) in [4.78, 5) is 1.91. The maximum atomic E-state index is 10.1. The second-order valence-corrected chi connectivity index (χ2v) is 7.84. The number of halogens is 1. The van der Waals surface area contributed by atoms with E-state index in [-0.39, 0.29) is 6.54 Å². The topological polar surface area (TPSA) is 115 Å². The minimum absolute atomic E-state index is 0.266. The first-order valence-corrected chi connectivity index (χ1v) is 10.3. The molecule has 1 fully saturated rings. The van der Waals surface area contributed by atoms with Gasteiger partial charge in [-0.05, 0) is 42.3 Å². The van der Waals surface area contributed by atoms with Crippen LogP contribution in [0.25, 0.3) is 10.8 Å². The SMILES string of the molecule is COc1ccc(CNc2nnc(N3CCC(O)C(O)C3)c3ccc(C#N)cc23)cc1Cl. The summed E-state index contributed by atoms with van der Waals surface area (Å²) in [6.45, 7) is 1.28. The first-order valence-electron chi connectivity index (χ1n) is 9.88. The lowest BCUT2D eigenvalue weighted by atomic mass is 10.0. The van der Waals surface area contributed by atoms with Crippen molar-refractivity contribution in [1.29, 1.82) is 5.26 Å². The van der Waals surface area contributed by atoms with Crippen LogP contribution in [-0.4, -0.2) is 52.8 Å². The lowest BCUT2D eigenvalue weighted by Crippen LogP contribution is -2.47. The third-order valence-corrected chi connectivity index (χ3v) is 5.71. The van der Waals surface area contributed by atoms with E-state index in [0.29, 0.717) is 47.5 Å². The summed E-state index contributed by atoms with van der Waals surface area (Å²) in [6, 6.07) is 13.0. The van der Waals surface area contributed by atoms with Gasteiger partial charge < -0.3 is 25.2 Å². The number of benzene rings is 2. The van der Waals surface area contributed by atoms with E-state index in [1.807, 2.05) is 23.1 Å². The number of aromatic nitrogens is 2. The molecule has 0 radical (unpaired) electrons. The summed E-state index contributed by atoms with van der Waals surface area (Å²) in [5.74, 6) is 1.76.